The zero-order valence-electron chi connectivity index (χ0n) is 25.0. The molecule has 0 atom stereocenters. The molecular formula is C33H43ClN4O4. The van der Waals surface area contributed by atoms with Gasteiger partial charge in [-0.2, -0.15) is 5.10 Å². The molecule has 3 heterocycles. The van der Waals surface area contributed by atoms with E-state index in [4.69, 9.17) is 21.4 Å². The quantitative estimate of drug-likeness (QED) is 0.296. The summed E-state index contributed by atoms with van der Waals surface area (Å²) in [6.07, 6.45) is 4.99. The van der Waals surface area contributed by atoms with E-state index < -0.39 is 11.7 Å². The molecule has 1 aromatic heterocycles. The molecule has 3 aromatic rings. The van der Waals surface area contributed by atoms with Gasteiger partial charge in [0.1, 0.15) is 5.60 Å². The smallest absolute Gasteiger partial charge is 0.407 e. The van der Waals surface area contributed by atoms with Crippen LogP contribution in [0.1, 0.15) is 75.6 Å². The van der Waals surface area contributed by atoms with Crippen molar-refractivity contribution in [3.63, 3.8) is 0 Å². The molecule has 0 bridgehead atoms. The second kappa shape index (κ2) is 13.0. The first-order valence-corrected chi connectivity index (χ1v) is 15.6. The first-order valence-electron chi connectivity index (χ1n) is 15.2. The lowest BCUT2D eigenvalue weighted by molar-refractivity contribution is -0.156. The van der Waals surface area contributed by atoms with Gasteiger partial charge in [0, 0.05) is 29.4 Å². The largest absolute Gasteiger partial charge is 0.465 e. The van der Waals surface area contributed by atoms with Crippen molar-refractivity contribution in [2.45, 2.75) is 77.4 Å². The van der Waals surface area contributed by atoms with Crippen LogP contribution in [0, 0.1) is 5.92 Å². The van der Waals surface area contributed by atoms with Crippen LogP contribution < -0.4 is 0 Å². The molecule has 9 heteroatoms. The second-order valence-electron chi connectivity index (χ2n) is 12.9. The number of aromatic nitrogens is 2. The minimum atomic E-state index is -0.808. The number of nitrogens with zero attached hydrogens (tertiary/aromatic N) is 4. The van der Waals surface area contributed by atoms with Gasteiger partial charge in [0.15, 0.2) is 0 Å². The van der Waals surface area contributed by atoms with Crippen LogP contribution in [-0.2, 0) is 22.5 Å². The Morgan fingerprint density at radius 3 is 2.29 bits per heavy atom. The van der Waals surface area contributed by atoms with Crippen molar-refractivity contribution in [3.8, 4) is 0 Å². The maximum Gasteiger partial charge on any atom is 0.407 e. The Morgan fingerprint density at radius 2 is 1.64 bits per heavy atom. The molecule has 42 heavy (non-hydrogen) atoms. The third-order valence-electron chi connectivity index (χ3n) is 8.56. The minimum absolute atomic E-state index is 0.168. The summed E-state index contributed by atoms with van der Waals surface area (Å²) in [6, 6.07) is 14.7. The fourth-order valence-electron chi connectivity index (χ4n) is 6.29. The Morgan fingerprint density at radius 1 is 0.976 bits per heavy atom. The Bertz CT molecular complexity index is 1380. The van der Waals surface area contributed by atoms with Gasteiger partial charge in [-0.1, -0.05) is 35.9 Å². The maximum atomic E-state index is 12.4. The fraction of sp³-hybridized carbons (Fsp3) is 0.545. The number of carboxylic acid groups (broad SMARTS) is 1. The normalized spacial score (nSPS) is 17.6. The highest BCUT2D eigenvalue weighted by molar-refractivity contribution is 6.30. The summed E-state index contributed by atoms with van der Waals surface area (Å²) in [5.41, 5.74) is 4.26. The lowest BCUT2D eigenvalue weighted by Crippen LogP contribution is -2.39. The molecule has 1 amide bonds. The highest BCUT2D eigenvalue weighted by Gasteiger charge is 2.28. The van der Waals surface area contributed by atoms with Crippen LogP contribution in [0.4, 0.5) is 4.79 Å². The van der Waals surface area contributed by atoms with E-state index in [1.165, 1.54) is 15.8 Å². The summed E-state index contributed by atoms with van der Waals surface area (Å²) >= 11 is 6.15. The number of halogens is 1. The lowest BCUT2D eigenvalue weighted by atomic mass is 9.89. The lowest BCUT2D eigenvalue weighted by Gasteiger charge is -2.31. The summed E-state index contributed by atoms with van der Waals surface area (Å²) in [5, 5.41) is 16.4. The molecule has 1 N–H and O–H groups in total. The van der Waals surface area contributed by atoms with Crippen LogP contribution in [0.15, 0.2) is 42.5 Å². The molecule has 2 fully saturated rings. The summed E-state index contributed by atoms with van der Waals surface area (Å²) < 4.78 is 7.67. The average molecular weight is 595 g/mol. The fourth-order valence-corrected chi connectivity index (χ4v) is 6.42. The predicted molar refractivity (Wildman–Crippen MR) is 165 cm³/mol. The van der Waals surface area contributed by atoms with Gasteiger partial charge >= 0.3 is 12.1 Å². The van der Waals surface area contributed by atoms with Crippen LogP contribution in [0.2, 0.25) is 5.02 Å². The number of benzene rings is 2. The van der Waals surface area contributed by atoms with Crippen LogP contribution in [0.3, 0.4) is 0 Å². The standard InChI is InChI=1S/C33H43ClN4O4/c1-33(2,3)42-30(39)22-36-16-14-26(15-17-36)31-28-11-8-24(5-4-23-12-18-37(19-13-23)32(40)41)20-29(28)38(35-31)21-25-6-9-27(34)10-7-25/h6-11,20,23,26H,4-5,12-19,21-22H2,1-3H3,(H,40,41). The third kappa shape index (κ3) is 7.84. The number of likely N-dealkylation sites (tertiary alicyclic amines) is 2. The molecule has 2 aliphatic rings. The topological polar surface area (TPSA) is 87.9 Å². The number of esters is 1. The Labute approximate surface area is 253 Å². The molecule has 2 aromatic carbocycles. The Balaban J connectivity index is 1.30. The molecule has 8 nitrogen and oxygen atoms in total. The van der Waals surface area contributed by atoms with Gasteiger partial charge in [-0.15, -0.1) is 0 Å². The van der Waals surface area contributed by atoms with E-state index in [1.54, 1.807) is 0 Å². The van der Waals surface area contributed by atoms with Gasteiger partial charge in [-0.3, -0.25) is 14.4 Å². The van der Waals surface area contributed by atoms with Crippen LogP contribution >= 0.6 is 11.6 Å². The summed E-state index contributed by atoms with van der Waals surface area (Å²) in [6.45, 7) is 9.65. The van der Waals surface area contributed by atoms with E-state index in [2.05, 4.69) is 39.9 Å². The van der Waals surface area contributed by atoms with Crippen LogP contribution in [0.25, 0.3) is 10.9 Å². The Hall–Kier alpha value is -3.10. The first-order chi connectivity index (χ1) is 20.0. The number of hydrogen-bond acceptors (Lipinski definition) is 5. The molecule has 0 aliphatic carbocycles. The van der Waals surface area contributed by atoms with E-state index in [9.17, 15) is 14.7 Å². The summed E-state index contributed by atoms with van der Waals surface area (Å²) in [7, 11) is 0. The van der Waals surface area contributed by atoms with Crippen molar-refractivity contribution in [2.24, 2.45) is 5.92 Å². The molecule has 2 aliphatic heterocycles. The van der Waals surface area contributed by atoms with E-state index in [0.29, 0.717) is 38.0 Å². The third-order valence-corrected chi connectivity index (χ3v) is 8.82. The van der Waals surface area contributed by atoms with Gasteiger partial charge in [0.2, 0.25) is 0 Å². The average Bonchev–Trinajstić information content (AvgIpc) is 3.30. The second-order valence-corrected chi connectivity index (χ2v) is 13.3. The zero-order valence-corrected chi connectivity index (χ0v) is 25.8. The van der Waals surface area contributed by atoms with Gasteiger partial charge in [-0.25, -0.2) is 4.79 Å². The summed E-state index contributed by atoms with van der Waals surface area (Å²) in [5.74, 6) is 0.717. The van der Waals surface area contributed by atoms with Crippen molar-refractivity contribution in [3.05, 3.63) is 64.3 Å². The number of piperidine rings is 2. The number of carbonyl (C=O) groups excluding carboxylic acids is 1. The van der Waals surface area contributed by atoms with Gasteiger partial charge < -0.3 is 14.7 Å². The number of amides is 1. The molecule has 2 saturated heterocycles. The first kappa shape index (κ1) is 30.4. The van der Waals surface area contributed by atoms with Crippen molar-refractivity contribution in [1.29, 1.82) is 0 Å². The van der Waals surface area contributed by atoms with Crippen molar-refractivity contribution in [2.75, 3.05) is 32.7 Å². The number of aryl methyl sites for hydroxylation is 1. The monoisotopic (exact) mass is 594 g/mol. The van der Waals surface area contributed by atoms with Crippen molar-refractivity contribution >= 4 is 34.6 Å². The van der Waals surface area contributed by atoms with Crippen molar-refractivity contribution in [1.82, 2.24) is 19.6 Å². The highest BCUT2D eigenvalue weighted by atomic mass is 35.5. The molecular weight excluding hydrogens is 552 g/mol. The SMILES string of the molecule is CC(C)(C)OC(=O)CN1CCC(c2nn(Cc3ccc(Cl)cc3)c3cc(CCC4CCN(C(=O)O)CC4)ccc23)CC1. The number of carbonyl (C=O) groups is 2. The molecule has 0 spiro atoms. The molecule has 0 radical (unpaired) electrons. The molecule has 0 saturated carbocycles. The predicted octanol–water partition coefficient (Wildman–Crippen LogP) is 6.58. The van der Waals surface area contributed by atoms with Gasteiger partial charge in [0.25, 0.3) is 0 Å². The number of rotatable bonds is 8. The van der Waals surface area contributed by atoms with E-state index in [-0.39, 0.29) is 5.97 Å². The number of ether oxygens (including phenoxy) is 1. The maximum absolute atomic E-state index is 12.4. The van der Waals surface area contributed by atoms with E-state index in [0.717, 1.165) is 73.4 Å². The van der Waals surface area contributed by atoms with Crippen LogP contribution in [0.5, 0.6) is 0 Å². The van der Waals surface area contributed by atoms with Gasteiger partial charge in [-0.05, 0) is 108 Å². The molecule has 226 valence electrons. The number of fused-ring (bicyclic) bond motifs is 1. The molecule has 5 rings (SSSR count). The van der Waals surface area contributed by atoms with Crippen molar-refractivity contribution < 1.29 is 19.4 Å². The highest BCUT2D eigenvalue weighted by Crippen LogP contribution is 2.34. The summed E-state index contributed by atoms with van der Waals surface area (Å²) in [4.78, 5) is 27.3. The van der Waals surface area contributed by atoms with Crippen LogP contribution in [-0.4, -0.2) is 75.1 Å². The number of hydrogen-bond donors (Lipinski definition) is 1. The minimum Gasteiger partial charge on any atom is -0.465 e. The zero-order chi connectivity index (χ0) is 29.9. The van der Waals surface area contributed by atoms with E-state index in [1.807, 2.05) is 32.9 Å². The van der Waals surface area contributed by atoms with E-state index >= 15 is 0 Å². The van der Waals surface area contributed by atoms with Gasteiger partial charge in [0.05, 0.1) is 24.3 Å². The molecule has 0 unspecified atom stereocenters. The Kier molecular flexibility index (Phi) is 9.43.